The lowest BCUT2D eigenvalue weighted by atomic mass is 10.2. The van der Waals surface area contributed by atoms with Crippen LogP contribution in [0.2, 0.25) is 0 Å². The number of hydrogen-bond donors (Lipinski definition) is 0. The molecule has 0 radical (unpaired) electrons. The van der Waals surface area contributed by atoms with Crippen LogP contribution < -0.4 is 10.6 Å². The van der Waals surface area contributed by atoms with Crippen molar-refractivity contribution in [2.45, 2.75) is 0 Å². The maximum Gasteiger partial charge on any atom is 0.0103 e. The minimum atomic E-state index is 0.717. The highest BCUT2D eigenvalue weighted by Crippen LogP contribution is 2.33. The zero-order valence-corrected chi connectivity index (χ0v) is 13.3. The highest BCUT2D eigenvalue weighted by Gasteiger charge is 2.04. The Kier molecular flexibility index (Phi) is 3.44. The molecule has 4 aromatic rings. The van der Waals surface area contributed by atoms with Crippen molar-refractivity contribution in [3.8, 4) is 0 Å². The van der Waals surface area contributed by atoms with Crippen LogP contribution in [-0.4, -0.2) is 0 Å². The fraction of sp³-hybridized carbons (Fsp3) is 0. The molecule has 3 aromatic carbocycles. The van der Waals surface area contributed by atoms with Crippen molar-refractivity contribution in [2.75, 3.05) is 0 Å². The summed E-state index contributed by atoms with van der Waals surface area (Å²) in [5.41, 5.74) is 0. The van der Waals surface area contributed by atoms with Crippen LogP contribution in [0.4, 0.5) is 0 Å². The van der Waals surface area contributed by atoms with Gasteiger partial charge in [0.25, 0.3) is 0 Å². The van der Waals surface area contributed by atoms with E-state index in [9.17, 15) is 0 Å². The van der Waals surface area contributed by atoms with Gasteiger partial charge in [-0.25, -0.2) is 0 Å². The first-order chi connectivity index (χ1) is 10.4. The summed E-state index contributed by atoms with van der Waals surface area (Å²) in [6.07, 6.45) is 0. The SMILES string of the molecule is c1ccc(Pc2cccc3pc4ccccc4cc23)cc1. The molecule has 0 fully saturated rings. The van der Waals surface area contributed by atoms with Gasteiger partial charge >= 0.3 is 0 Å². The van der Waals surface area contributed by atoms with Gasteiger partial charge in [-0.15, -0.1) is 0 Å². The third-order valence-electron chi connectivity index (χ3n) is 3.61. The van der Waals surface area contributed by atoms with Gasteiger partial charge in [0.15, 0.2) is 0 Å². The Morgan fingerprint density at radius 3 is 2.33 bits per heavy atom. The van der Waals surface area contributed by atoms with E-state index in [1.54, 1.807) is 0 Å². The topological polar surface area (TPSA) is 0 Å². The van der Waals surface area contributed by atoms with Crippen molar-refractivity contribution >= 4 is 48.4 Å². The fourth-order valence-electron chi connectivity index (χ4n) is 2.58. The normalized spacial score (nSPS) is 12.0. The van der Waals surface area contributed by atoms with E-state index in [4.69, 9.17) is 0 Å². The number of fused-ring (bicyclic) bond motifs is 2. The predicted octanol–water partition coefficient (Wildman–Crippen LogP) is 5.20. The third kappa shape index (κ3) is 2.58. The van der Waals surface area contributed by atoms with E-state index < -0.39 is 0 Å². The second-order valence-corrected chi connectivity index (χ2v) is 7.60. The van der Waals surface area contributed by atoms with E-state index in [2.05, 4.69) is 78.9 Å². The minimum Gasteiger partial charge on any atom is -0.0622 e. The highest BCUT2D eigenvalue weighted by atomic mass is 31.1. The van der Waals surface area contributed by atoms with Crippen LogP contribution >= 0.6 is 16.8 Å². The van der Waals surface area contributed by atoms with Crippen LogP contribution in [0.1, 0.15) is 0 Å². The Hall–Kier alpha value is -1.74. The van der Waals surface area contributed by atoms with E-state index in [0.29, 0.717) is 0 Å². The van der Waals surface area contributed by atoms with E-state index in [-0.39, 0.29) is 0 Å². The molecule has 0 spiro atoms. The quantitative estimate of drug-likeness (QED) is 0.352. The molecular weight excluding hydrogens is 290 g/mol. The van der Waals surface area contributed by atoms with Gasteiger partial charge in [0, 0.05) is 10.2 Å². The van der Waals surface area contributed by atoms with Crippen LogP contribution in [0, 0.1) is 0 Å². The molecule has 0 N–H and O–H groups in total. The summed E-state index contributed by atoms with van der Waals surface area (Å²) in [4.78, 5) is 0. The molecule has 1 unspecified atom stereocenters. The van der Waals surface area contributed by atoms with E-state index in [1.807, 2.05) is 0 Å². The fourth-order valence-corrected chi connectivity index (χ4v) is 5.04. The van der Waals surface area contributed by atoms with Gasteiger partial charge in [0.2, 0.25) is 0 Å². The van der Waals surface area contributed by atoms with Gasteiger partial charge in [-0.05, 0) is 39.6 Å². The van der Waals surface area contributed by atoms with E-state index in [0.717, 1.165) is 8.58 Å². The largest absolute Gasteiger partial charge is 0.0622 e. The predicted molar refractivity (Wildman–Crippen MR) is 98.0 cm³/mol. The van der Waals surface area contributed by atoms with Crippen molar-refractivity contribution in [2.24, 2.45) is 0 Å². The molecular formula is C19H14P2. The van der Waals surface area contributed by atoms with Gasteiger partial charge in [-0.2, -0.15) is 0 Å². The maximum atomic E-state index is 2.35. The van der Waals surface area contributed by atoms with Crippen LogP contribution in [0.5, 0.6) is 0 Å². The minimum absolute atomic E-state index is 0.717. The standard InChI is InChI=1S/C19H14P2/c1-2-8-15(9-3-1)20-18-11-6-12-19-16(18)13-14-7-4-5-10-17(14)21-19/h1-13,20H. The Morgan fingerprint density at radius 1 is 0.667 bits per heavy atom. The number of rotatable bonds is 2. The molecule has 1 aromatic heterocycles. The van der Waals surface area contributed by atoms with Gasteiger partial charge in [-0.3, -0.25) is 0 Å². The van der Waals surface area contributed by atoms with Gasteiger partial charge in [0.05, 0.1) is 0 Å². The molecule has 0 aliphatic carbocycles. The molecule has 0 aliphatic rings. The molecule has 0 bridgehead atoms. The zero-order chi connectivity index (χ0) is 14.1. The summed E-state index contributed by atoms with van der Waals surface area (Å²) in [5, 5.41) is 8.45. The van der Waals surface area contributed by atoms with Crippen LogP contribution in [0.15, 0.2) is 78.9 Å². The molecule has 21 heavy (non-hydrogen) atoms. The van der Waals surface area contributed by atoms with Crippen LogP contribution in [0.25, 0.3) is 21.0 Å². The zero-order valence-electron chi connectivity index (χ0n) is 11.5. The number of benzene rings is 3. The monoisotopic (exact) mass is 304 g/mol. The lowest BCUT2D eigenvalue weighted by Gasteiger charge is -2.08. The second kappa shape index (κ2) is 5.57. The third-order valence-corrected chi connectivity index (χ3v) is 6.22. The van der Waals surface area contributed by atoms with Gasteiger partial charge < -0.3 is 0 Å². The highest BCUT2D eigenvalue weighted by molar-refractivity contribution is 7.56. The molecule has 4 rings (SSSR count). The van der Waals surface area contributed by atoms with E-state index >= 15 is 0 Å². The molecule has 0 saturated carbocycles. The molecule has 0 aliphatic heterocycles. The van der Waals surface area contributed by atoms with Crippen molar-refractivity contribution < 1.29 is 0 Å². The summed E-state index contributed by atoms with van der Waals surface area (Å²) in [6, 6.07) is 28.5. The van der Waals surface area contributed by atoms with E-state index in [1.165, 1.54) is 39.8 Å². The van der Waals surface area contributed by atoms with Gasteiger partial charge in [0.1, 0.15) is 0 Å². The van der Waals surface area contributed by atoms with Crippen molar-refractivity contribution in [3.63, 3.8) is 0 Å². The lowest BCUT2D eigenvalue weighted by Crippen LogP contribution is -2.03. The van der Waals surface area contributed by atoms with Crippen molar-refractivity contribution in [3.05, 3.63) is 78.9 Å². The first-order valence-electron chi connectivity index (χ1n) is 7.01. The van der Waals surface area contributed by atoms with Gasteiger partial charge in [-0.1, -0.05) is 77.4 Å². The average molecular weight is 304 g/mol. The summed E-state index contributed by atoms with van der Waals surface area (Å²) < 4.78 is 0. The Bertz CT molecular complexity index is 914. The molecule has 1 atom stereocenters. The second-order valence-electron chi connectivity index (χ2n) is 5.04. The van der Waals surface area contributed by atoms with Crippen molar-refractivity contribution in [1.82, 2.24) is 0 Å². The smallest absolute Gasteiger partial charge is 0.0103 e. The summed E-state index contributed by atoms with van der Waals surface area (Å²) in [7, 11) is 2.04. The number of hydrogen-bond acceptors (Lipinski definition) is 0. The average Bonchev–Trinajstić information content (AvgIpc) is 2.54. The molecule has 2 heteroatoms. The van der Waals surface area contributed by atoms with Crippen LogP contribution in [-0.2, 0) is 0 Å². The Morgan fingerprint density at radius 2 is 1.43 bits per heavy atom. The van der Waals surface area contributed by atoms with Crippen molar-refractivity contribution in [1.29, 1.82) is 0 Å². The molecule has 1 heterocycles. The molecule has 100 valence electrons. The molecule has 0 saturated heterocycles. The first kappa shape index (κ1) is 13.0. The molecule has 0 amide bonds. The summed E-state index contributed by atoms with van der Waals surface area (Å²) >= 11 is 0. The Labute approximate surface area is 127 Å². The summed E-state index contributed by atoms with van der Waals surface area (Å²) in [5.74, 6) is 0. The lowest BCUT2D eigenvalue weighted by molar-refractivity contribution is 1.78. The maximum absolute atomic E-state index is 2.35. The Balaban J connectivity index is 1.90. The van der Waals surface area contributed by atoms with Crippen LogP contribution in [0.3, 0.4) is 0 Å². The molecule has 0 nitrogen and oxygen atoms in total. The summed E-state index contributed by atoms with van der Waals surface area (Å²) in [6.45, 7) is 0. The first-order valence-corrected chi connectivity index (χ1v) is 8.90.